The van der Waals surface area contributed by atoms with Gasteiger partial charge >= 0.3 is 6.18 Å². The van der Waals surface area contributed by atoms with Crippen LogP contribution in [0.25, 0.3) is 0 Å². The number of H-pyrrole nitrogens is 1. The summed E-state index contributed by atoms with van der Waals surface area (Å²) in [5.74, 6) is -0.564. The molecule has 0 saturated heterocycles. The average molecular weight is 368 g/mol. The summed E-state index contributed by atoms with van der Waals surface area (Å²) >= 11 is 8.78. The van der Waals surface area contributed by atoms with Crippen LogP contribution >= 0.6 is 27.5 Å². The van der Waals surface area contributed by atoms with Gasteiger partial charge < -0.3 is 10.3 Å². The largest absolute Gasteiger partial charge is 0.416 e. The molecule has 0 fully saturated rings. The Hall–Kier alpha value is -1.47. The standard InChI is InChI=1S/C12H7BrClF3N2O/c13-7-3-10(18-5-7)11(20)19-9-2-6(12(15,16)17)1-8(14)4-9/h1-5,18H,(H,19,20). The molecule has 0 spiro atoms. The van der Waals surface area contributed by atoms with E-state index >= 15 is 0 Å². The zero-order valence-electron chi connectivity index (χ0n) is 9.68. The van der Waals surface area contributed by atoms with Crippen molar-refractivity contribution in [3.63, 3.8) is 0 Å². The van der Waals surface area contributed by atoms with Gasteiger partial charge in [-0.05, 0) is 40.2 Å². The number of hydrogen-bond acceptors (Lipinski definition) is 1. The number of nitrogens with one attached hydrogen (secondary N) is 2. The first-order valence-electron chi connectivity index (χ1n) is 5.29. The Morgan fingerprint density at radius 2 is 1.95 bits per heavy atom. The summed E-state index contributed by atoms with van der Waals surface area (Å²) in [5.41, 5.74) is -0.737. The molecule has 0 atom stereocenters. The molecule has 0 bridgehead atoms. The van der Waals surface area contributed by atoms with E-state index in [-0.39, 0.29) is 16.4 Å². The zero-order valence-corrected chi connectivity index (χ0v) is 12.0. The van der Waals surface area contributed by atoms with Crippen molar-refractivity contribution in [3.8, 4) is 0 Å². The lowest BCUT2D eigenvalue weighted by atomic mass is 10.2. The first kappa shape index (κ1) is 14.9. The van der Waals surface area contributed by atoms with Crippen LogP contribution in [-0.2, 0) is 6.18 Å². The van der Waals surface area contributed by atoms with Gasteiger partial charge in [-0.2, -0.15) is 13.2 Å². The second kappa shape index (κ2) is 5.49. The number of hydrogen-bond donors (Lipinski definition) is 2. The zero-order chi connectivity index (χ0) is 14.9. The average Bonchev–Trinajstić information content (AvgIpc) is 2.74. The molecule has 2 rings (SSSR count). The number of carbonyl (C=O) groups excluding carboxylic acids is 1. The van der Waals surface area contributed by atoms with Crippen LogP contribution in [0.1, 0.15) is 16.1 Å². The summed E-state index contributed by atoms with van der Waals surface area (Å²) in [6.07, 6.45) is -2.99. The first-order valence-corrected chi connectivity index (χ1v) is 6.46. The molecule has 0 radical (unpaired) electrons. The lowest BCUT2D eigenvalue weighted by molar-refractivity contribution is -0.137. The summed E-state index contributed by atoms with van der Waals surface area (Å²) in [6.45, 7) is 0. The third-order valence-corrected chi connectivity index (χ3v) is 3.05. The fraction of sp³-hybridized carbons (Fsp3) is 0.0833. The van der Waals surface area contributed by atoms with E-state index in [4.69, 9.17) is 11.6 Å². The number of alkyl halides is 3. The van der Waals surface area contributed by atoms with Crippen molar-refractivity contribution in [2.45, 2.75) is 6.18 Å². The highest BCUT2D eigenvalue weighted by Gasteiger charge is 2.31. The SMILES string of the molecule is O=C(Nc1cc(Cl)cc(C(F)(F)F)c1)c1cc(Br)c[nH]1. The van der Waals surface area contributed by atoms with Gasteiger partial charge in [-0.3, -0.25) is 4.79 Å². The molecule has 0 unspecified atom stereocenters. The molecule has 1 heterocycles. The van der Waals surface area contributed by atoms with Gasteiger partial charge in [-0.15, -0.1) is 0 Å². The minimum Gasteiger partial charge on any atom is -0.356 e. The molecule has 3 nitrogen and oxygen atoms in total. The van der Waals surface area contributed by atoms with Gasteiger partial charge in [0, 0.05) is 21.4 Å². The molecule has 1 aromatic carbocycles. The smallest absolute Gasteiger partial charge is 0.356 e. The maximum Gasteiger partial charge on any atom is 0.416 e. The van der Waals surface area contributed by atoms with Crippen LogP contribution in [-0.4, -0.2) is 10.9 Å². The van der Waals surface area contributed by atoms with E-state index in [0.717, 1.165) is 12.1 Å². The molecule has 1 aromatic heterocycles. The van der Waals surface area contributed by atoms with Crippen LogP contribution in [0.15, 0.2) is 34.9 Å². The van der Waals surface area contributed by atoms with Gasteiger partial charge in [0.1, 0.15) is 5.69 Å². The van der Waals surface area contributed by atoms with E-state index in [2.05, 4.69) is 26.2 Å². The highest BCUT2D eigenvalue weighted by Crippen LogP contribution is 2.33. The number of rotatable bonds is 2. The van der Waals surface area contributed by atoms with Crippen molar-refractivity contribution in [3.05, 3.63) is 51.2 Å². The van der Waals surface area contributed by atoms with Crippen LogP contribution in [0.4, 0.5) is 18.9 Å². The summed E-state index contributed by atoms with van der Waals surface area (Å²) in [6, 6.07) is 4.36. The van der Waals surface area contributed by atoms with E-state index in [1.165, 1.54) is 18.3 Å². The second-order valence-corrected chi connectivity index (χ2v) is 5.26. The topological polar surface area (TPSA) is 44.9 Å². The van der Waals surface area contributed by atoms with Gasteiger partial charge in [0.05, 0.1) is 5.56 Å². The van der Waals surface area contributed by atoms with Crippen molar-refractivity contribution in [2.75, 3.05) is 5.32 Å². The minimum absolute atomic E-state index is 0.0273. The predicted octanol–water partition coefficient (Wildman–Crippen LogP) is 4.70. The molecule has 106 valence electrons. The molecule has 0 saturated carbocycles. The summed E-state index contributed by atoms with van der Waals surface area (Å²) in [5, 5.41) is 2.24. The lowest BCUT2D eigenvalue weighted by Crippen LogP contribution is -2.13. The van der Waals surface area contributed by atoms with Crippen molar-refractivity contribution in [1.29, 1.82) is 0 Å². The Labute approximate surface area is 125 Å². The molecule has 2 N–H and O–H groups in total. The Morgan fingerprint density at radius 1 is 1.25 bits per heavy atom. The van der Waals surface area contributed by atoms with Crippen molar-refractivity contribution >= 4 is 39.1 Å². The van der Waals surface area contributed by atoms with Gasteiger partial charge in [-0.25, -0.2) is 0 Å². The van der Waals surface area contributed by atoms with Crippen LogP contribution in [0, 0.1) is 0 Å². The number of benzene rings is 1. The molecule has 8 heteroatoms. The van der Waals surface area contributed by atoms with Gasteiger partial charge in [-0.1, -0.05) is 11.6 Å². The number of amides is 1. The van der Waals surface area contributed by atoms with E-state index < -0.39 is 17.6 Å². The molecule has 0 aliphatic carbocycles. The maximum absolute atomic E-state index is 12.6. The van der Waals surface area contributed by atoms with Crippen molar-refractivity contribution in [1.82, 2.24) is 4.98 Å². The Bertz CT molecular complexity index is 654. The van der Waals surface area contributed by atoms with E-state index in [1.807, 2.05) is 0 Å². The molecule has 1 amide bonds. The number of halogens is 5. The van der Waals surface area contributed by atoms with Crippen molar-refractivity contribution < 1.29 is 18.0 Å². The molecular weight excluding hydrogens is 360 g/mol. The van der Waals surface area contributed by atoms with Crippen molar-refractivity contribution in [2.24, 2.45) is 0 Å². The number of carbonyl (C=O) groups is 1. The lowest BCUT2D eigenvalue weighted by Gasteiger charge is -2.10. The predicted molar refractivity (Wildman–Crippen MR) is 72.9 cm³/mol. The molecule has 2 aromatic rings. The quantitative estimate of drug-likeness (QED) is 0.794. The third kappa shape index (κ3) is 3.55. The fourth-order valence-electron chi connectivity index (χ4n) is 1.52. The molecular formula is C12H7BrClF3N2O. The minimum atomic E-state index is -4.53. The second-order valence-electron chi connectivity index (χ2n) is 3.91. The van der Waals surface area contributed by atoms with E-state index in [0.29, 0.717) is 4.47 Å². The summed E-state index contributed by atoms with van der Waals surface area (Å²) in [7, 11) is 0. The van der Waals surface area contributed by atoms with Crippen LogP contribution in [0.2, 0.25) is 5.02 Å². The Balaban J connectivity index is 2.25. The van der Waals surface area contributed by atoms with E-state index in [9.17, 15) is 18.0 Å². The van der Waals surface area contributed by atoms with Crippen LogP contribution in [0.3, 0.4) is 0 Å². The molecule has 0 aliphatic heterocycles. The number of aromatic amines is 1. The highest BCUT2D eigenvalue weighted by molar-refractivity contribution is 9.10. The summed E-state index contributed by atoms with van der Waals surface area (Å²) < 4.78 is 38.5. The molecule has 20 heavy (non-hydrogen) atoms. The highest BCUT2D eigenvalue weighted by atomic mass is 79.9. The van der Waals surface area contributed by atoms with Gasteiger partial charge in [0.15, 0.2) is 0 Å². The Kier molecular flexibility index (Phi) is 4.10. The first-order chi connectivity index (χ1) is 9.25. The summed E-state index contributed by atoms with van der Waals surface area (Å²) in [4.78, 5) is 14.5. The Morgan fingerprint density at radius 3 is 2.50 bits per heavy atom. The van der Waals surface area contributed by atoms with Crippen LogP contribution < -0.4 is 5.32 Å². The fourth-order valence-corrected chi connectivity index (χ4v) is 2.10. The monoisotopic (exact) mass is 366 g/mol. The van der Waals surface area contributed by atoms with Crippen LogP contribution in [0.5, 0.6) is 0 Å². The van der Waals surface area contributed by atoms with E-state index in [1.54, 1.807) is 0 Å². The third-order valence-electron chi connectivity index (χ3n) is 2.38. The normalized spacial score (nSPS) is 11.4. The van der Waals surface area contributed by atoms with Gasteiger partial charge in [0.2, 0.25) is 0 Å². The van der Waals surface area contributed by atoms with Gasteiger partial charge in [0.25, 0.3) is 5.91 Å². The molecule has 0 aliphatic rings. The number of aromatic nitrogens is 1. The maximum atomic E-state index is 12.6. The number of anilines is 1.